The molecule has 1 aromatic carbocycles. The maximum Gasteiger partial charge on any atom is 0.169 e. The van der Waals surface area contributed by atoms with Crippen molar-refractivity contribution in [2.24, 2.45) is 0 Å². The molecule has 1 aliphatic carbocycles. The van der Waals surface area contributed by atoms with Gasteiger partial charge < -0.3 is 15.1 Å². The number of rotatable bonds is 8. The van der Waals surface area contributed by atoms with Crippen LogP contribution in [0.4, 0.5) is 0 Å². The lowest BCUT2D eigenvalue weighted by molar-refractivity contribution is 0.333. The van der Waals surface area contributed by atoms with E-state index in [1.807, 2.05) is 0 Å². The lowest BCUT2D eigenvalue weighted by atomic mass is 9.97. The average molecular weight is 404 g/mol. The van der Waals surface area contributed by atoms with Gasteiger partial charge in [-0.2, -0.15) is 0 Å². The smallest absolute Gasteiger partial charge is 0.169 e. The zero-order valence-corrected chi connectivity index (χ0v) is 19.4. The minimum atomic E-state index is 0.549. The van der Waals surface area contributed by atoms with Gasteiger partial charge in [0.15, 0.2) is 5.11 Å². The van der Waals surface area contributed by atoms with Crippen molar-refractivity contribution < 1.29 is 0 Å². The van der Waals surface area contributed by atoms with Crippen molar-refractivity contribution in [3.8, 4) is 0 Å². The van der Waals surface area contributed by atoms with Gasteiger partial charge in [0.2, 0.25) is 0 Å². The molecule has 0 amide bonds. The van der Waals surface area contributed by atoms with Gasteiger partial charge in [-0.1, -0.05) is 70.2 Å². The van der Waals surface area contributed by atoms with Gasteiger partial charge in [-0.3, -0.25) is 0 Å². The third-order valence-corrected chi connectivity index (χ3v) is 6.15. The van der Waals surface area contributed by atoms with Crippen LogP contribution >= 0.6 is 12.2 Å². The first-order valence-corrected chi connectivity index (χ1v) is 11.7. The third kappa shape index (κ3) is 8.48. The Bertz CT molecular complexity index is 560. The van der Waals surface area contributed by atoms with Crippen LogP contribution in [0.5, 0.6) is 0 Å². The van der Waals surface area contributed by atoms with Crippen molar-refractivity contribution in [2.45, 2.75) is 83.7 Å². The van der Waals surface area contributed by atoms with Crippen LogP contribution in [0.2, 0.25) is 0 Å². The number of nitrogens with zero attached hydrogens (tertiary/aromatic N) is 2. The minimum Gasteiger partial charge on any atom is -0.360 e. The van der Waals surface area contributed by atoms with E-state index < -0.39 is 0 Å². The van der Waals surface area contributed by atoms with E-state index in [0.29, 0.717) is 12.0 Å². The highest BCUT2D eigenvalue weighted by Gasteiger charge is 2.16. The highest BCUT2D eigenvalue weighted by Crippen LogP contribution is 2.19. The van der Waals surface area contributed by atoms with Crippen molar-refractivity contribution >= 4 is 17.3 Å². The first kappa shape index (κ1) is 23.2. The van der Waals surface area contributed by atoms with E-state index in [9.17, 15) is 0 Å². The van der Waals surface area contributed by atoms with Crippen LogP contribution in [0.15, 0.2) is 24.3 Å². The predicted molar refractivity (Wildman–Crippen MR) is 126 cm³/mol. The van der Waals surface area contributed by atoms with Gasteiger partial charge in [-0.25, -0.2) is 0 Å². The van der Waals surface area contributed by atoms with E-state index in [1.165, 1.54) is 56.1 Å². The summed E-state index contributed by atoms with van der Waals surface area (Å²) >= 11 is 5.88. The van der Waals surface area contributed by atoms with Gasteiger partial charge in [-0.05, 0) is 69.2 Å². The van der Waals surface area contributed by atoms with E-state index in [1.54, 1.807) is 0 Å². The van der Waals surface area contributed by atoms with Gasteiger partial charge in [-0.15, -0.1) is 0 Å². The van der Waals surface area contributed by atoms with E-state index in [2.05, 4.69) is 67.3 Å². The van der Waals surface area contributed by atoms with Crippen molar-refractivity contribution in [3.63, 3.8) is 0 Å². The Morgan fingerprint density at radius 1 is 1.00 bits per heavy atom. The number of benzene rings is 1. The third-order valence-electron chi connectivity index (χ3n) is 5.77. The standard InChI is InChI=1S/C24H41N3S/c1-20(2)22-15-13-21(14-16-22)19-27(18-10-17-26(3)4)24(28)25-23-11-8-6-5-7-9-12-23/h13-16,20,23H,5-12,17-19H2,1-4H3,(H,25,28). The average Bonchev–Trinajstić information content (AvgIpc) is 2.63. The van der Waals surface area contributed by atoms with Crippen LogP contribution in [0.25, 0.3) is 0 Å². The molecule has 28 heavy (non-hydrogen) atoms. The quantitative estimate of drug-likeness (QED) is 0.573. The van der Waals surface area contributed by atoms with E-state index in [-0.39, 0.29) is 0 Å². The van der Waals surface area contributed by atoms with Gasteiger partial charge in [0, 0.05) is 19.1 Å². The SMILES string of the molecule is CC(C)c1ccc(CN(CCCN(C)C)C(=S)NC2CCCCCCC2)cc1. The summed E-state index contributed by atoms with van der Waals surface area (Å²) < 4.78 is 0. The lowest BCUT2D eigenvalue weighted by Gasteiger charge is -2.30. The number of nitrogens with one attached hydrogen (secondary N) is 1. The zero-order valence-electron chi connectivity index (χ0n) is 18.5. The Kier molecular flexibility index (Phi) is 10.3. The number of hydrogen-bond donors (Lipinski definition) is 1. The van der Waals surface area contributed by atoms with Crippen LogP contribution in [-0.4, -0.2) is 48.1 Å². The second-order valence-electron chi connectivity index (χ2n) is 8.97. The summed E-state index contributed by atoms with van der Waals surface area (Å²) in [4.78, 5) is 4.63. The van der Waals surface area contributed by atoms with Crippen LogP contribution in [0, 0.1) is 0 Å². The summed E-state index contributed by atoms with van der Waals surface area (Å²) in [5.74, 6) is 0.576. The Balaban J connectivity index is 1.98. The second kappa shape index (κ2) is 12.4. The molecule has 1 fully saturated rings. The fraction of sp³-hybridized carbons (Fsp3) is 0.708. The first-order chi connectivity index (χ1) is 13.5. The molecule has 1 aliphatic rings. The predicted octanol–water partition coefficient (Wildman–Crippen LogP) is 5.55. The fourth-order valence-corrected chi connectivity index (χ4v) is 4.25. The molecule has 0 aliphatic heterocycles. The molecule has 2 rings (SSSR count). The summed E-state index contributed by atoms with van der Waals surface area (Å²) in [5.41, 5.74) is 2.74. The normalized spacial score (nSPS) is 16.1. The molecular weight excluding hydrogens is 362 g/mol. The van der Waals surface area contributed by atoms with Gasteiger partial charge in [0.25, 0.3) is 0 Å². The number of hydrogen-bond acceptors (Lipinski definition) is 2. The molecule has 0 bridgehead atoms. The molecule has 1 saturated carbocycles. The van der Waals surface area contributed by atoms with Crippen molar-refractivity contribution in [1.29, 1.82) is 0 Å². The van der Waals surface area contributed by atoms with E-state index in [4.69, 9.17) is 12.2 Å². The first-order valence-electron chi connectivity index (χ1n) is 11.2. The van der Waals surface area contributed by atoms with Crippen molar-refractivity contribution in [1.82, 2.24) is 15.1 Å². The summed E-state index contributed by atoms with van der Waals surface area (Å²) in [6, 6.07) is 9.62. The molecule has 3 nitrogen and oxygen atoms in total. The van der Waals surface area contributed by atoms with Gasteiger partial charge in [0.05, 0.1) is 0 Å². The highest BCUT2D eigenvalue weighted by atomic mass is 32.1. The Hall–Kier alpha value is -1.13. The number of thiocarbonyl (C=S) groups is 1. The Labute approximate surface area is 178 Å². The summed E-state index contributed by atoms with van der Waals surface area (Å²) in [7, 11) is 4.28. The Morgan fingerprint density at radius 3 is 2.18 bits per heavy atom. The zero-order chi connectivity index (χ0) is 20.4. The molecular formula is C24H41N3S. The lowest BCUT2D eigenvalue weighted by Crippen LogP contribution is -2.45. The molecule has 0 atom stereocenters. The van der Waals surface area contributed by atoms with Crippen LogP contribution in [0.1, 0.15) is 82.3 Å². The fourth-order valence-electron chi connectivity index (χ4n) is 3.92. The summed E-state index contributed by atoms with van der Waals surface area (Å²) in [5, 5.41) is 4.66. The monoisotopic (exact) mass is 403 g/mol. The molecule has 1 N–H and O–H groups in total. The van der Waals surface area contributed by atoms with E-state index >= 15 is 0 Å². The van der Waals surface area contributed by atoms with Gasteiger partial charge in [0.1, 0.15) is 0 Å². The van der Waals surface area contributed by atoms with Crippen LogP contribution in [0.3, 0.4) is 0 Å². The maximum atomic E-state index is 5.88. The van der Waals surface area contributed by atoms with Gasteiger partial charge >= 0.3 is 0 Å². The molecule has 4 heteroatoms. The molecule has 0 unspecified atom stereocenters. The van der Waals surface area contributed by atoms with Crippen molar-refractivity contribution in [2.75, 3.05) is 27.2 Å². The molecule has 0 spiro atoms. The van der Waals surface area contributed by atoms with E-state index in [0.717, 1.165) is 31.2 Å². The topological polar surface area (TPSA) is 18.5 Å². The largest absolute Gasteiger partial charge is 0.360 e. The summed E-state index contributed by atoms with van der Waals surface area (Å²) in [6.45, 7) is 7.48. The van der Waals surface area contributed by atoms with Crippen molar-refractivity contribution in [3.05, 3.63) is 35.4 Å². The van der Waals surface area contributed by atoms with Crippen LogP contribution in [-0.2, 0) is 6.54 Å². The minimum absolute atomic E-state index is 0.549. The molecule has 1 aromatic rings. The second-order valence-corrected chi connectivity index (χ2v) is 9.35. The molecule has 0 heterocycles. The molecule has 158 valence electrons. The Morgan fingerprint density at radius 2 is 1.61 bits per heavy atom. The summed E-state index contributed by atoms with van der Waals surface area (Å²) in [6.07, 6.45) is 10.5. The maximum absolute atomic E-state index is 5.88. The molecule has 0 aromatic heterocycles. The molecule has 0 saturated heterocycles. The molecule has 0 radical (unpaired) electrons. The van der Waals surface area contributed by atoms with Crippen LogP contribution < -0.4 is 5.32 Å². The highest BCUT2D eigenvalue weighted by molar-refractivity contribution is 7.80.